The summed E-state index contributed by atoms with van der Waals surface area (Å²) in [6.07, 6.45) is 8.55. The predicted octanol–water partition coefficient (Wildman–Crippen LogP) is 3.12. The molecule has 4 bridgehead atoms. The smallest absolute Gasteiger partial charge is 0.307 e. The van der Waals surface area contributed by atoms with Gasteiger partial charge in [0.1, 0.15) is 10.8 Å². The summed E-state index contributed by atoms with van der Waals surface area (Å²) in [6.45, 7) is 1.50. The van der Waals surface area contributed by atoms with Gasteiger partial charge in [0.15, 0.2) is 0 Å². The van der Waals surface area contributed by atoms with Gasteiger partial charge in [-0.05, 0) is 86.0 Å². The van der Waals surface area contributed by atoms with Crippen LogP contribution in [0.25, 0.3) is 0 Å². The molecule has 5 aliphatic carbocycles. The fraction of sp³-hybridized carbons (Fsp3) is 0.696. The molecular formula is C23H29N3O3S. The molecule has 1 amide bonds. The van der Waals surface area contributed by atoms with Crippen molar-refractivity contribution >= 4 is 29.5 Å². The van der Waals surface area contributed by atoms with E-state index in [1.54, 1.807) is 0 Å². The third-order valence-electron chi connectivity index (χ3n) is 8.61. The minimum absolute atomic E-state index is 0.0195. The molecule has 1 aromatic heterocycles. The van der Waals surface area contributed by atoms with E-state index in [0.717, 1.165) is 35.8 Å². The molecule has 160 valence electrons. The number of piperidine rings is 1. The van der Waals surface area contributed by atoms with Gasteiger partial charge in [0.25, 0.3) is 5.91 Å². The number of nitrogens with one attached hydrogen (secondary N) is 1. The number of carboxylic acids is 1. The van der Waals surface area contributed by atoms with Crippen LogP contribution < -0.4 is 10.2 Å². The Morgan fingerprint density at radius 1 is 1.07 bits per heavy atom. The molecule has 3 atom stereocenters. The van der Waals surface area contributed by atoms with Crippen molar-refractivity contribution in [2.45, 2.75) is 43.2 Å². The number of aromatic nitrogens is 1. The molecule has 0 aromatic carbocycles. The van der Waals surface area contributed by atoms with Crippen LogP contribution in [0.1, 0.15) is 42.5 Å². The quantitative estimate of drug-likeness (QED) is 0.703. The van der Waals surface area contributed by atoms with Crippen molar-refractivity contribution in [3.63, 3.8) is 0 Å². The summed E-state index contributed by atoms with van der Waals surface area (Å²) in [4.78, 5) is 31.4. The molecule has 1 saturated heterocycles. The van der Waals surface area contributed by atoms with Gasteiger partial charge in [0.2, 0.25) is 0 Å². The van der Waals surface area contributed by atoms with Crippen molar-refractivity contribution in [3.05, 3.63) is 17.7 Å². The molecular weight excluding hydrogens is 398 g/mol. The van der Waals surface area contributed by atoms with Crippen molar-refractivity contribution in [2.75, 3.05) is 24.2 Å². The molecule has 2 N–H and O–H groups in total. The van der Waals surface area contributed by atoms with Crippen LogP contribution in [-0.2, 0) is 4.79 Å². The fourth-order valence-corrected chi connectivity index (χ4v) is 7.97. The monoisotopic (exact) mass is 427 g/mol. The number of rotatable bonds is 5. The molecule has 30 heavy (non-hydrogen) atoms. The molecule has 0 radical (unpaired) electrons. The van der Waals surface area contributed by atoms with Crippen LogP contribution in [-0.4, -0.2) is 47.4 Å². The SMILES string of the molecule is CSc1nc(N2CC3C(C(=O)O)[C@H]3C2)ccc1C(=O)NC1C2CC3CC(C2)CC1C3. The van der Waals surface area contributed by atoms with Crippen LogP contribution in [0, 0.1) is 41.4 Å². The van der Waals surface area contributed by atoms with E-state index < -0.39 is 5.97 Å². The Hall–Kier alpha value is -1.76. The number of hydrogen-bond donors (Lipinski definition) is 2. The molecule has 1 aromatic rings. The molecule has 7 rings (SSSR count). The summed E-state index contributed by atoms with van der Waals surface area (Å²) in [6, 6.07) is 4.18. The number of carbonyl (C=O) groups is 2. The third kappa shape index (κ3) is 2.95. The highest BCUT2D eigenvalue weighted by molar-refractivity contribution is 7.98. The van der Waals surface area contributed by atoms with Crippen LogP contribution in [0.4, 0.5) is 5.82 Å². The van der Waals surface area contributed by atoms with Gasteiger partial charge in [-0.3, -0.25) is 9.59 Å². The minimum Gasteiger partial charge on any atom is -0.481 e. The van der Waals surface area contributed by atoms with Gasteiger partial charge in [-0.25, -0.2) is 4.98 Å². The second-order valence-electron chi connectivity index (χ2n) is 10.3. The number of hydrogen-bond acceptors (Lipinski definition) is 5. The Balaban J connectivity index is 1.16. The number of amides is 1. The van der Waals surface area contributed by atoms with E-state index in [4.69, 9.17) is 4.98 Å². The second-order valence-corrected chi connectivity index (χ2v) is 11.0. The van der Waals surface area contributed by atoms with E-state index in [1.807, 2.05) is 18.4 Å². The van der Waals surface area contributed by atoms with Gasteiger partial charge in [-0.1, -0.05) is 0 Å². The summed E-state index contributed by atoms with van der Waals surface area (Å²) >= 11 is 1.51. The van der Waals surface area contributed by atoms with E-state index >= 15 is 0 Å². The van der Waals surface area contributed by atoms with Gasteiger partial charge < -0.3 is 15.3 Å². The zero-order valence-electron chi connectivity index (χ0n) is 17.3. The highest BCUT2D eigenvalue weighted by atomic mass is 32.2. The van der Waals surface area contributed by atoms with Crippen LogP contribution in [0.3, 0.4) is 0 Å². The first-order valence-electron chi connectivity index (χ1n) is 11.4. The third-order valence-corrected chi connectivity index (χ3v) is 9.31. The molecule has 6 aliphatic rings. The van der Waals surface area contributed by atoms with Crippen molar-refractivity contribution in [1.29, 1.82) is 0 Å². The Bertz CT molecular complexity index is 866. The number of anilines is 1. The minimum atomic E-state index is -0.667. The molecule has 5 saturated carbocycles. The van der Waals surface area contributed by atoms with Crippen molar-refractivity contribution in [3.8, 4) is 0 Å². The van der Waals surface area contributed by atoms with E-state index in [9.17, 15) is 14.7 Å². The van der Waals surface area contributed by atoms with E-state index in [2.05, 4.69) is 10.2 Å². The lowest BCUT2D eigenvalue weighted by molar-refractivity contribution is -0.139. The molecule has 6 fully saturated rings. The number of thioether (sulfide) groups is 1. The Morgan fingerprint density at radius 3 is 2.27 bits per heavy atom. The maximum absolute atomic E-state index is 13.2. The van der Waals surface area contributed by atoms with E-state index in [0.29, 0.717) is 23.4 Å². The predicted molar refractivity (Wildman–Crippen MR) is 115 cm³/mol. The Kier molecular flexibility index (Phi) is 4.34. The Morgan fingerprint density at radius 2 is 1.70 bits per heavy atom. The topological polar surface area (TPSA) is 82.5 Å². The lowest BCUT2D eigenvalue weighted by atomic mass is 9.54. The molecule has 2 unspecified atom stereocenters. The Labute approximate surface area is 181 Å². The molecule has 0 spiro atoms. The molecule has 2 heterocycles. The number of nitrogens with zero attached hydrogens (tertiary/aromatic N) is 2. The van der Waals surface area contributed by atoms with E-state index in [1.165, 1.54) is 43.9 Å². The van der Waals surface area contributed by atoms with Gasteiger partial charge in [0, 0.05) is 19.1 Å². The lowest BCUT2D eigenvalue weighted by Crippen LogP contribution is -2.55. The van der Waals surface area contributed by atoms with Crippen LogP contribution in [0.5, 0.6) is 0 Å². The highest BCUT2D eigenvalue weighted by Crippen LogP contribution is 2.54. The number of carbonyl (C=O) groups excluding carboxylic acids is 1. The molecule has 7 heteroatoms. The average molecular weight is 428 g/mol. The zero-order valence-corrected chi connectivity index (χ0v) is 18.1. The van der Waals surface area contributed by atoms with Crippen molar-refractivity contribution in [2.24, 2.45) is 41.4 Å². The number of fused-ring (bicyclic) bond motifs is 1. The first-order valence-corrected chi connectivity index (χ1v) is 12.6. The first-order chi connectivity index (χ1) is 14.5. The summed E-state index contributed by atoms with van der Waals surface area (Å²) in [5.41, 5.74) is 0.674. The summed E-state index contributed by atoms with van der Waals surface area (Å²) in [7, 11) is 0. The van der Waals surface area contributed by atoms with Crippen molar-refractivity contribution < 1.29 is 14.7 Å². The van der Waals surface area contributed by atoms with Gasteiger partial charge in [-0.15, -0.1) is 11.8 Å². The maximum Gasteiger partial charge on any atom is 0.307 e. The summed E-state index contributed by atoms with van der Waals surface area (Å²) in [5, 5.41) is 13.4. The second kappa shape index (κ2) is 6.87. The molecule has 6 nitrogen and oxygen atoms in total. The number of pyridine rings is 1. The highest BCUT2D eigenvalue weighted by Gasteiger charge is 2.60. The van der Waals surface area contributed by atoms with Gasteiger partial charge >= 0.3 is 5.97 Å². The molecule has 1 aliphatic heterocycles. The van der Waals surface area contributed by atoms with Crippen LogP contribution in [0.2, 0.25) is 0 Å². The van der Waals surface area contributed by atoms with Crippen molar-refractivity contribution in [1.82, 2.24) is 10.3 Å². The van der Waals surface area contributed by atoms with Crippen LogP contribution in [0.15, 0.2) is 17.2 Å². The van der Waals surface area contributed by atoms with Crippen LogP contribution >= 0.6 is 11.8 Å². The van der Waals surface area contributed by atoms with Gasteiger partial charge in [-0.2, -0.15) is 0 Å². The number of carboxylic acid groups (broad SMARTS) is 1. The number of aliphatic carboxylic acids is 1. The lowest BCUT2D eigenvalue weighted by Gasteiger charge is -2.54. The average Bonchev–Trinajstić information content (AvgIpc) is 3.24. The largest absolute Gasteiger partial charge is 0.481 e. The standard InChI is InChI=1S/C23H29N3O3S/c1-30-22-15(2-3-18(24-22)26-9-16-17(10-26)19(16)23(28)29)21(27)25-20-13-5-11-4-12(7-13)8-14(20)6-11/h2-3,11-14,16-17,19-20H,4-10H2,1H3,(H,25,27)(H,28,29)/t11?,12?,13?,14?,16-,17?,19?,20?/m0/s1. The summed E-state index contributed by atoms with van der Waals surface area (Å²) < 4.78 is 0. The zero-order chi connectivity index (χ0) is 20.6. The normalized spacial score (nSPS) is 40.4. The van der Waals surface area contributed by atoms with E-state index in [-0.39, 0.29) is 23.7 Å². The maximum atomic E-state index is 13.2. The summed E-state index contributed by atoms with van der Waals surface area (Å²) in [5.74, 6) is 3.66. The first kappa shape index (κ1) is 19.0. The van der Waals surface area contributed by atoms with Gasteiger partial charge in [0.05, 0.1) is 11.5 Å². The fourth-order valence-electron chi connectivity index (χ4n) is 7.40.